The van der Waals surface area contributed by atoms with Crippen LogP contribution in [-0.2, 0) is 6.42 Å². The lowest BCUT2D eigenvalue weighted by atomic mass is 10.0. The molecule has 0 saturated carbocycles. The van der Waals surface area contributed by atoms with Crippen molar-refractivity contribution in [3.05, 3.63) is 53.3 Å². The minimum absolute atomic E-state index is 0.235. The molecule has 19 heavy (non-hydrogen) atoms. The summed E-state index contributed by atoms with van der Waals surface area (Å²) in [5, 5.41) is 18.0. The second-order valence-electron chi connectivity index (χ2n) is 3.96. The monoisotopic (exact) mass is 259 g/mol. The lowest BCUT2D eigenvalue weighted by molar-refractivity contribution is 0.0695. The Balaban J connectivity index is 1.93. The van der Waals surface area contributed by atoms with E-state index in [-0.39, 0.29) is 11.5 Å². The van der Waals surface area contributed by atoms with Crippen LogP contribution in [0.5, 0.6) is 0 Å². The van der Waals surface area contributed by atoms with Gasteiger partial charge in [-0.15, -0.1) is 0 Å². The van der Waals surface area contributed by atoms with E-state index in [1.807, 2.05) is 0 Å². The van der Waals surface area contributed by atoms with Gasteiger partial charge in [0.25, 0.3) is 5.91 Å². The van der Waals surface area contributed by atoms with Gasteiger partial charge in [0.05, 0.1) is 17.3 Å². The third kappa shape index (κ3) is 3.19. The van der Waals surface area contributed by atoms with E-state index >= 15 is 0 Å². The summed E-state index contributed by atoms with van der Waals surface area (Å²) in [6, 6.07) is 6.75. The van der Waals surface area contributed by atoms with Crippen LogP contribution >= 0.6 is 0 Å². The summed E-state index contributed by atoms with van der Waals surface area (Å²) in [4.78, 5) is 22.6. The molecule has 0 atom stereocenters. The highest BCUT2D eigenvalue weighted by Gasteiger charge is 2.10. The van der Waals surface area contributed by atoms with E-state index in [0.29, 0.717) is 24.1 Å². The molecule has 1 aromatic carbocycles. The van der Waals surface area contributed by atoms with E-state index in [4.69, 9.17) is 5.11 Å². The predicted molar refractivity (Wildman–Crippen MR) is 68.0 cm³/mol. The smallest absolute Gasteiger partial charge is 0.335 e. The van der Waals surface area contributed by atoms with Crippen molar-refractivity contribution in [2.45, 2.75) is 6.42 Å². The molecule has 6 heteroatoms. The molecule has 6 nitrogen and oxygen atoms in total. The molecule has 0 radical (unpaired) electrons. The first-order valence-corrected chi connectivity index (χ1v) is 5.76. The molecule has 2 aromatic rings. The number of carbonyl (C=O) groups is 2. The molecule has 1 heterocycles. The fourth-order valence-electron chi connectivity index (χ4n) is 1.73. The Labute approximate surface area is 109 Å². The first kappa shape index (κ1) is 12.8. The van der Waals surface area contributed by atoms with Gasteiger partial charge in [-0.1, -0.05) is 18.2 Å². The first-order valence-electron chi connectivity index (χ1n) is 5.76. The van der Waals surface area contributed by atoms with E-state index in [2.05, 4.69) is 15.5 Å². The Morgan fingerprint density at radius 2 is 2.11 bits per heavy atom. The number of aromatic carboxylic acids is 1. The van der Waals surface area contributed by atoms with E-state index < -0.39 is 5.97 Å². The summed E-state index contributed by atoms with van der Waals surface area (Å²) < 4.78 is 0. The fourth-order valence-corrected chi connectivity index (χ4v) is 1.73. The number of rotatable bonds is 5. The highest BCUT2D eigenvalue weighted by Crippen LogP contribution is 2.09. The van der Waals surface area contributed by atoms with E-state index in [1.54, 1.807) is 24.3 Å². The van der Waals surface area contributed by atoms with Crippen molar-refractivity contribution < 1.29 is 14.7 Å². The summed E-state index contributed by atoms with van der Waals surface area (Å²) in [7, 11) is 0. The zero-order valence-electron chi connectivity index (χ0n) is 10.1. The Morgan fingerprint density at radius 1 is 1.32 bits per heavy atom. The summed E-state index contributed by atoms with van der Waals surface area (Å²) in [6.07, 6.45) is 3.40. The van der Waals surface area contributed by atoms with Crippen molar-refractivity contribution in [3.8, 4) is 0 Å². The van der Waals surface area contributed by atoms with Crippen LogP contribution in [0, 0.1) is 0 Å². The first-order chi connectivity index (χ1) is 9.18. The number of carboxylic acids is 1. The van der Waals surface area contributed by atoms with Crippen LogP contribution in [-0.4, -0.2) is 33.7 Å². The van der Waals surface area contributed by atoms with Crippen LogP contribution in [0.3, 0.4) is 0 Å². The number of hydrogen-bond donors (Lipinski definition) is 3. The van der Waals surface area contributed by atoms with Crippen molar-refractivity contribution in [1.82, 2.24) is 15.5 Å². The van der Waals surface area contributed by atoms with E-state index in [9.17, 15) is 9.59 Å². The Hall–Kier alpha value is -2.63. The number of nitrogens with one attached hydrogen (secondary N) is 2. The Kier molecular flexibility index (Phi) is 3.92. The number of aromatic amines is 1. The largest absolute Gasteiger partial charge is 0.478 e. The molecule has 0 aliphatic rings. The quantitative estimate of drug-likeness (QED) is 0.748. The minimum Gasteiger partial charge on any atom is -0.478 e. The summed E-state index contributed by atoms with van der Waals surface area (Å²) >= 11 is 0. The number of nitrogens with zero attached hydrogens (tertiary/aromatic N) is 1. The highest BCUT2D eigenvalue weighted by atomic mass is 16.4. The maximum atomic E-state index is 11.6. The number of carboxylic acid groups (broad SMARTS) is 1. The summed E-state index contributed by atoms with van der Waals surface area (Å²) in [5.41, 5.74) is 1.41. The molecule has 2 rings (SSSR count). The molecule has 0 bridgehead atoms. The van der Waals surface area contributed by atoms with Gasteiger partial charge in [0.15, 0.2) is 0 Å². The molecule has 0 fully saturated rings. The van der Waals surface area contributed by atoms with Crippen molar-refractivity contribution >= 4 is 11.9 Å². The minimum atomic E-state index is -0.961. The molecule has 0 saturated heterocycles. The average Bonchev–Trinajstić information content (AvgIpc) is 2.93. The number of benzene rings is 1. The van der Waals surface area contributed by atoms with Gasteiger partial charge in [0, 0.05) is 12.7 Å². The van der Waals surface area contributed by atoms with Gasteiger partial charge in [0.2, 0.25) is 0 Å². The zero-order valence-corrected chi connectivity index (χ0v) is 10.1. The SMILES string of the molecule is O=C(NCCc1ccccc1C(=O)O)c1cn[nH]c1. The van der Waals surface area contributed by atoms with Crippen molar-refractivity contribution in [1.29, 1.82) is 0 Å². The van der Waals surface area contributed by atoms with Crippen molar-refractivity contribution in [2.75, 3.05) is 6.54 Å². The van der Waals surface area contributed by atoms with Crippen LogP contribution in [0.4, 0.5) is 0 Å². The van der Waals surface area contributed by atoms with E-state index in [0.717, 1.165) is 0 Å². The van der Waals surface area contributed by atoms with Gasteiger partial charge in [-0.2, -0.15) is 5.10 Å². The molecule has 0 spiro atoms. The molecule has 1 amide bonds. The van der Waals surface area contributed by atoms with Gasteiger partial charge < -0.3 is 10.4 Å². The van der Waals surface area contributed by atoms with Crippen molar-refractivity contribution in [2.24, 2.45) is 0 Å². The number of amides is 1. The number of hydrogen-bond acceptors (Lipinski definition) is 3. The maximum Gasteiger partial charge on any atom is 0.335 e. The second-order valence-corrected chi connectivity index (χ2v) is 3.96. The van der Waals surface area contributed by atoms with Gasteiger partial charge in [0.1, 0.15) is 0 Å². The molecule has 0 aliphatic carbocycles. The number of H-pyrrole nitrogens is 1. The van der Waals surface area contributed by atoms with Crippen LogP contribution in [0.15, 0.2) is 36.7 Å². The van der Waals surface area contributed by atoms with Crippen LogP contribution < -0.4 is 5.32 Å². The second kappa shape index (κ2) is 5.81. The molecular formula is C13H13N3O3. The lowest BCUT2D eigenvalue weighted by Gasteiger charge is -2.06. The number of aromatic nitrogens is 2. The Morgan fingerprint density at radius 3 is 2.79 bits per heavy atom. The van der Waals surface area contributed by atoms with Gasteiger partial charge in [-0.3, -0.25) is 9.89 Å². The van der Waals surface area contributed by atoms with E-state index in [1.165, 1.54) is 12.4 Å². The normalized spacial score (nSPS) is 10.1. The summed E-state index contributed by atoms with van der Waals surface area (Å²) in [5.74, 6) is -1.20. The van der Waals surface area contributed by atoms with Crippen LogP contribution in [0.25, 0.3) is 0 Å². The lowest BCUT2D eigenvalue weighted by Crippen LogP contribution is -2.25. The van der Waals surface area contributed by atoms with Crippen LogP contribution in [0.1, 0.15) is 26.3 Å². The summed E-state index contributed by atoms with van der Waals surface area (Å²) in [6.45, 7) is 0.369. The van der Waals surface area contributed by atoms with Crippen molar-refractivity contribution in [3.63, 3.8) is 0 Å². The molecule has 98 valence electrons. The maximum absolute atomic E-state index is 11.6. The molecule has 1 aromatic heterocycles. The fraction of sp³-hybridized carbons (Fsp3) is 0.154. The molecule has 3 N–H and O–H groups in total. The standard InChI is InChI=1S/C13H13N3O3/c17-12(10-7-15-16-8-10)14-6-5-9-3-1-2-4-11(9)13(18)19/h1-4,7-8H,5-6H2,(H,14,17)(H,15,16)(H,18,19). The van der Waals surface area contributed by atoms with Gasteiger partial charge in [-0.25, -0.2) is 4.79 Å². The molecule has 0 aliphatic heterocycles. The predicted octanol–water partition coefficient (Wildman–Crippen LogP) is 1.08. The third-order valence-corrected chi connectivity index (χ3v) is 2.69. The topological polar surface area (TPSA) is 95.1 Å². The number of carbonyl (C=O) groups excluding carboxylic acids is 1. The van der Waals surface area contributed by atoms with Gasteiger partial charge in [-0.05, 0) is 18.1 Å². The molecule has 0 unspecified atom stereocenters. The van der Waals surface area contributed by atoms with Crippen LogP contribution in [0.2, 0.25) is 0 Å². The van der Waals surface area contributed by atoms with Gasteiger partial charge >= 0.3 is 5.97 Å². The average molecular weight is 259 g/mol. The zero-order chi connectivity index (χ0) is 13.7. The third-order valence-electron chi connectivity index (χ3n) is 2.69. The highest BCUT2D eigenvalue weighted by molar-refractivity contribution is 5.93. The Bertz CT molecular complexity index is 579. The molecular weight excluding hydrogens is 246 g/mol.